The minimum atomic E-state index is -0.476. The number of hydrogen-bond donors (Lipinski definition) is 1. The summed E-state index contributed by atoms with van der Waals surface area (Å²) in [5.41, 5.74) is 0.476. The number of carbonyl (C=O) groups is 2. The molecule has 0 bridgehead atoms. The van der Waals surface area contributed by atoms with Crippen molar-refractivity contribution in [1.29, 1.82) is 0 Å². The van der Waals surface area contributed by atoms with E-state index >= 15 is 0 Å². The molecular formula is C7H11NO3. The Bertz CT molecular complexity index is 196. The van der Waals surface area contributed by atoms with E-state index in [0.29, 0.717) is 5.70 Å². The number of rotatable bonds is 2. The fourth-order valence-corrected chi connectivity index (χ4v) is 0.549. The first kappa shape index (κ1) is 9.68. The van der Waals surface area contributed by atoms with Crippen LogP contribution in [0, 0.1) is 0 Å². The second kappa shape index (κ2) is 4.49. The van der Waals surface area contributed by atoms with Crippen LogP contribution in [0.1, 0.15) is 13.8 Å². The summed E-state index contributed by atoms with van der Waals surface area (Å²) in [6.45, 7) is 2.98. The molecule has 0 heterocycles. The Balaban J connectivity index is 4.00. The molecule has 0 aromatic rings. The zero-order valence-corrected chi connectivity index (χ0v) is 6.80. The van der Waals surface area contributed by atoms with Crippen LogP contribution in [0.2, 0.25) is 0 Å². The Kier molecular flexibility index (Phi) is 3.95. The molecule has 0 radical (unpaired) electrons. The molecule has 0 aliphatic heterocycles. The normalized spacial score (nSPS) is 10.6. The van der Waals surface area contributed by atoms with E-state index in [4.69, 9.17) is 0 Å². The van der Waals surface area contributed by atoms with Crippen LogP contribution in [0.3, 0.4) is 0 Å². The maximum atomic E-state index is 10.6. The van der Waals surface area contributed by atoms with Crippen LogP contribution in [-0.2, 0) is 14.3 Å². The summed E-state index contributed by atoms with van der Waals surface area (Å²) < 4.78 is 4.34. The van der Waals surface area contributed by atoms with E-state index in [1.54, 1.807) is 6.92 Å². The van der Waals surface area contributed by atoms with Crippen molar-refractivity contribution in [3.63, 3.8) is 0 Å². The number of carbonyl (C=O) groups excluding carboxylic acids is 2. The highest BCUT2D eigenvalue weighted by molar-refractivity contribution is 5.84. The van der Waals surface area contributed by atoms with Crippen LogP contribution in [0.4, 0.5) is 0 Å². The van der Waals surface area contributed by atoms with Gasteiger partial charge >= 0.3 is 5.97 Å². The largest absolute Gasteiger partial charge is 0.466 e. The Morgan fingerprint density at radius 2 is 1.91 bits per heavy atom. The fourth-order valence-electron chi connectivity index (χ4n) is 0.549. The highest BCUT2D eigenvalue weighted by atomic mass is 16.5. The molecular weight excluding hydrogens is 146 g/mol. The molecule has 0 aliphatic carbocycles. The van der Waals surface area contributed by atoms with E-state index in [9.17, 15) is 9.59 Å². The van der Waals surface area contributed by atoms with Gasteiger partial charge in [-0.15, -0.1) is 0 Å². The van der Waals surface area contributed by atoms with Crippen LogP contribution in [0.25, 0.3) is 0 Å². The third-order valence-corrected chi connectivity index (χ3v) is 0.909. The van der Waals surface area contributed by atoms with Gasteiger partial charge in [-0.05, 0) is 6.92 Å². The summed E-state index contributed by atoms with van der Waals surface area (Å²) in [6.07, 6.45) is 1.21. The first-order chi connectivity index (χ1) is 5.06. The SMILES string of the molecule is COC(=O)/C=C(\C)NC(C)=O. The monoisotopic (exact) mass is 157 g/mol. The second-order valence-corrected chi connectivity index (χ2v) is 2.03. The second-order valence-electron chi connectivity index (χ2n) is 2.03. The number of ether oxygens (including phenoxy) is 1. The van der Waals surface area contributed by atoms with Gasteiger partial charge in [0, 0.05) is 18.7 Å². The lowest BCUT2D eigenvalue weighted by molar-refractivity contribution is -0.134. The fraction of sp³-hybridized carbons (Fsp3) is 0.429. The zero-order valence-electron chi connectivity index (χ0n) is 6.80. The maximum Gasteiger partial charge on any atom is 0.332 e. The Hall–Kier alpha value is -1.32. The van der Waals surface area contributed by atoms with Gasteiger partial charge in [0.1, 0.15) is 0 Å². The molecule has 0 saturated carbocycles. The average molecular weight is 157 g/mol. The number of nitrogens with one attached hydrogen (secondary N) is 1. The third kappa shape index (κ3) is 5.14. The summed E-state index contributed by atoms with van der Waals surface area (Å²) >= 11 is 0. The highest BCUT2D eigenvalue weighted by Gasteiger charge is 1.96. The molecule has 0 saturated heterocycles. The molecule has 1 N–H and O–H groups in total. The van der Waals surface area contributed by atoms with Crippen molar-refractivity contribution in [2.45, 2.75) is 13.8 Å². The van der Waals surface area contributed by atoms with Crippen molar-refractivity contribution in [2.75, 3.05) is 7.11 Å². The lowest BCUT2D eigenvalue weighted by Gasteiger charge is -1.99. The topological polar surface area (TPSA) is 55.4 Å². The molecule has 4 nitrogen and oxygen atoms in total. The van der Waals surface area contributed by atoms with Gasteiger partial charge in [0.2, 0.25) is 5.91 Å². The lowest BCUT2D eigenvalue weighted by Crippen LogP contribution is -2.18. The lowest BCUT2D eigenvalue weighted by atomic mass is 10.4. The first-order valence-corrected chi connectivity index (χ1v) is 3.10. The molecule has 62 valence electrons. The quantitative estimate of drug-likeness (QED) is 0.460. The van der Waals surface area contributed by atoms with Crippen molar-refractivity contribution in [3.8, 4) is 0 Å². The van der Waals surface area contributed by atoms with Gasteiger partial charge in [-0.3, -0.25) is 4.79 Å². The van der Waals surface area contributed by atoms with E-state index < -0.39 is 5.97 Å². The molecule has 0 spiro atoms. The maximum absolute atomic E-state index is 10.6. The number of allylic oxidation sites excluding steroid dienone is 1. The van der Waals surface area contributed by atoms with Crippen LogP contribution in [-0.4, -0.2) is 19.0 Å². The van der Waals surface area contributed by atoms with Crippen molar-refractivity contribution in [2.24, 2.45) is 0 Å². The Morgan fingerprint density at radius 1 is 1.36 bits per heavy atom. The Morgan fingerprint density at radius 3 is 2.27 bits per heavy atom. The molecule has 4 heteroatoms. The molecule has 0 aromatic heterocycles. The zero-order chi connectivity index (χ0) is 8.85. The minimum Gasteiger partial charge on any atom is -0.466 e. The summed E-state index contributed by atoms with van der Waals surface area (Å²) in [5, 5.41) is 2.43. The highest BCUT2D eigenvalue weighted by Crippen LogP contribution is 1.87. The molecule has 1 amide bonds. The van der Waals surface area contributed by atoms with E-state index in [1.165, 1.54) is 20.1 Å². The Labute approximate surface area is 65.2 Å². The number of amides is 1. The van der Waals surface area contributed by atoms with Crippen molar-refractivity contribution < 1.29 is 14.3 Å². The van der Waals surface area contributed by atoms with Gasteiger partial charge in [0.15, 0.2) is 0 Å². The van der Waals surface area contributed by atoms with Crippen molar-refractivity contribution >= 4 is 11.9 Å². The smallest absolute Gasteiger partial charge is 0.332 e. The number of methoxy groups -OCH3 is 1. The molecule has 0 atom stereocenters. The number of esters is 1. The van der Waals surface area contributed by atoms with Crippen molar-refractivity contribution in [3.05, 3.63) is 11.8 Å². The predicted molar refractivity (Wildman–Crippen MR) is 39.6 cm³/mol. The van der Waals surface area contributed by atoms with Crippen LogP contribution >= 0.6 is 0 Å². The molecule has 0 fully saturated rings. The van der Waals surface area contributed by atoms with Gasteiger partial charge in [0.25, 0.3) is 0 Å². The molecule has 0 aromatic carbocycles. The summed E-state index contributed by atoms with van der Waals surface area (Å²) in [5.74, 6) is -0.682. The van der Waals surface area contributed by atoms with E-state index in [2.05, 4.69) is 10.1 Å². The van der Waals surface area contributed by atoms with E-state index in [1.807, 2.05) is 0 Å². The molecule has 0 unspecified atom stereocenters. The van der Waals surface area contributed by atoms with Gasteiger partial charge in [-0.25, -0.2) is 4.79 Å². The van der Waals surface area contributed by atoms with E-state index in [-0.39, 0.29) is 5.91 Å². The summed E-state index contributed by atoms with van der Waals surface area (Å²) in [6, 6.07) is 0. The van der Waals surface area contributed by atoms with Gasteiger partial charge in [0.05, 0.1) is 7.11 Å². The van der Waals surface area contributed by atoms with Crippen molar-refractivity contribution in [1.82, 2.24) is 5.32 Å². The van der Waals surface area contributed by atoms with E-state index in [0.717, 1.165) is 0 Å². The third-order valence-electron chi connectivity index (χ3n) is 0.909. The molecule has 11 heavy (non-hydrogen) atoms. The summed E-state index contributed by atoms with van der Waals surface area (Å²) in [4.78, 5) is 21.0. The van der Waals surface area contributed by atoms with Gasteiger partial charge in [-0.1, -0.05) is 0 Å². The van der Waals surface area contributed by atoms with Crippen LogP contribution in [0.5, 0.6) is 0 Å². The van der Waals surface area contributed by atoms with Gasteiger partial charge in [-0.2, -0.15) is 0 Å². The van der Waals surface area contributed by atoms with Gasteiger partial charge < -0.3 is 10.1 Å². The predicted octanol–water partition coefficient (Wildman–Crippen LogP) is 0.199. The minimum absolute atomic E-state index is 0.206. The summed E-state index contributed by atoms with van der Waals surface area (Å²) in [7, 11) is 1.28. The average Bonchev–Trinajstić information content (AvgIpc) is 1.85. The standard InChI is InChI=1S/C7H11NO3/c1-5(8-6(2)9)4-7(10)11-3/h4H,1-3H3,(H,8,9)/b5-4+. The molecule has 0 aliphatic rings. The van der Waals surface area contributed by atoms with Crippen LogP contribution < -0.4 is 5.32 Å². The molecule has 0 rings (SSSR count). The number of hydrogen-bond acceptors (Lipinski definition) is 3. The van der Waals surface area contributed by atoms with Crippen LogP contribution in [0.15, 0.2) is 11.8 Å². The first-order valence-electron chi connectivity index (χ1n) is 3.10.